The van der Waals surface area contributed by atoms with Crippen LogP contribution in [0.25, 0.3) is 0 Å². The molecular formula is C10H17N5. The van der Waals surface area contributed by atoms with Crippen molar-refractivity contribution in [2.24, 2.45) is 5.73 Å². The zero-order valence-corrected chi connectivity index (χ0v) is 9.03. The molecule has 0 radical (unpaired) electrons. The summed E-state index contributed by atoms with van der Waals surface area (Å²) in [5, 5.41) is 3.24. The molecule has 1 aliphatic heterocycles. The van der Waals surface area contributed by atoms with Crippen LogP contribution in [0.4, 0.5) is 5.82 Å². The van der Waals surface area contributed by atoms with Crippen LogP contribution in [0.2, 0.25) is 0 Å². The third-order valence-electron chi connectivity index (χ3n) is 2.63. The van der Waals surface area contributed by atoms with Gasteiger partial charge in [0.15, 0.2) is 0 Å². The number of nitrogens with two attached hydrogens (primary N) is 1. The third-order valence-corrected chi connectivity index (χ3v) is 2.63. The van der Waals surface area contributed by atoms with Gasteiger partial charge < -0.3 is 16.0 Å². The molecule has 15 heavy (non-hydrogen) atoms. The summed E-state index contributed by atoms with van der Waals surface area (Å²) in [6, 6.07) is 0. The Morgan fingerprint density at radius 2 is 2.40 bits per heavy atom. The first-order valence-corrected chi connectivity index (χ1v) is 5.26. The van der Waals surface area contributed by atoms with E-state index in [1.165, 1.54) is 5.56 Å². The maximum Gasteiger partial charge on any atom is 0.132 e. The van der Waals surface area contributed by atoms with E-state index in [1.807, 2.05) is 0 Å². The molecule has 1 aliphatic rings. The zero-order valence-electron chi connectivity index (χ0n) is 9.03. The molecule has 0 spiro atoms. The first kappa shape index (κ1) is 10.3. The normalized spacial score (nSPS) is 16.1. The van der Waals surface area contributed by atoms with Crippen molar-refractivity contribution in [1.29, 1.82) is 0 Å². The van der Waals surface area contributed by atoms with Crippen molar-refractivity contribution in [3.8, 4) is 0 Å². The maximum absolute atomic E-state index is 5.46. The van der Waals surface area contributed by atoms with Gasteiger partial charge >= 0.3 is 0 Å². The molecule has 0 aromatic carbocycles. The summed E-state index contributed by atoms with van der Waals surface area (Å²) < 4.78 is 0. The number of hydrogen-bond acceptors (Lipinski definition) is 5. The van der Waals surface area contributed by atoms with Gasteiger partial charge in [0.2, 0.25) is 0 Å². The van der Waals surface area contributed by atoms with Crippen molar-refractivity contribution in [2.45, 2.75) is 13.0 Å². The molecule has 0 saturated heterocycles. The molecule has 0 saturated carbocycles. The minimum atomic E-state index is 0.624. The summed E-state index contributed by atoms with van der Waals surface area (Å²) in [6.07, 6.45) is 2.64. The number of nitrogens with zero attached hydrogens (tertiary/aromatic N) is 3. The van der Waals surface area contributed by atoms with Gasteiger partial charge in [-0.1, -0.05) is 0 Å². The minimum Gasteiger partial charge on any atom is -0.368 e. The first-order chi connectivity index (χ1) is 7.31. The molecule has 5 nitrogen and oxygen atoms in total. The van der Waals surface area contributed by atoms with E-state index < -0.39 is 0 Å². The lowest BCUT2D eigenvalue weighted by molar-refractivity contribution is 0.307. The predicted octanol–water partition coefficient (Wildman–Crippen LogP) is -0.165. The van der Waals surface area contributed by atoms with Gasteiger partial charge in [-0.2, -0.15) is 0 Å². The van der Waals surface area contributed by atoms with Gasteiger partial charge in [0.25, 0.3) is 0 Å². The largest absolute Gasteiger partial charge is 0.368 e. The summed E-state index contributed by atoms with van der Waals surface area (Å²) in [5.41, 5.74) is 7.85. The Morgan fingerprint density at radius 3 is 3.20 bits per heavy atom. The quantitative estimate of drug-likeness (QED) is 0.720. The lowest BCUT2D eigenvalue weighted by Gasteiger charge is -2.25. The average Bonchev–Trinajstić information content (AvgIpc) is 2.25. The van der Waals surface area contributed by atoms with Crippen molar-refractivity contribution in [1.82, 2.24) is 14.9 Å². The van der Waals surface area contributed by atoms with Gasteiger partial charge in [-0.3, -0.25) is 0 Å². The standard InChI is InChI=1S/C10H17N5/c1-15-5-2-8-9(6-15)13-7-14-10(8)12-4-3-11/h7H,2-6,11H2,1H3,(H,12,13,14). The van der Waals surface area contributed by atoms with Crippen LogP contribution in [0.1, 0.15) is 11.3 Å². The van der Waals surface area contributed by atoms with E-state index in [1.54, 1.807) is 6.33 Å². The molecule has 1 aromatic rings. The topological polar surface area (TPSA) is 67.1 Å². The summed E-state index contributed by atoms with van der Waals surface area (Å²) in [4.78, 5) is 10.8. The van der Waals surface area contributed by atoms with Crippen molar-refractivity contribution >= 4 is 5.82 Å². The molecule has 0 aliphatic carbocycles. The van der Waals surface area contributed by atoms with Crippen LogP contribution in [0.15, 0.2) is 6.33 Å². The van der Waals surface area contributed by atoms with Crippen molar-refractivity contribution in [3.63, 3.8) is 0 Å². The van der Waals surface area contributed by atoms with Crippen LogP contribution in [-0.2, 0) is 13.0 Å². The molecule has 0 atom stereocenters. The molecular weight excluding hydrogens is 190 g/mol. The molecule has 0 unspecified atom stereocenters. The molecule has 82 valence electrons. The maximum atomic E-state index is 5.46. The van der Waals surface area contributed by atoms with Crippen LogP contribution in [0, 0.1) is 0 Å². The first-order valence-electron chi connectivity index (χ1n) is 5.26. The van der Waals surface area contributed by atoms with E-state index in [9.17, 15) is 0 Å². The molecule has 3 N–H and O–H groups in total. The van der Waals surface area contributed by atoms with Gasteiger partial charge in [-0.15, -0.1) is 0 Å². The number of nitrogens with one attached hydrogen (secondary N) is 1. The molecule has 0 amide bonds. The monoisotopic (exact) mass is 207 g/mol. The SMILES string of the molecule is CN1CCc2c(ncnc2NCCN)C1. The predicted molar refractivity (Wildman–Crippen MR) is 59.6 cm³/mol. The van der Waals surface area contributed by atoms with Crippen LogP contribution in [0.3, 0.4) is 0 Å². The minimum absolute atomic E-state index is 0.624. The summed E-state index contributed by atoms with van der Waals surface area (Å²) in [5.74, 6) is 0.957. The molecule has 1 aromatic heterocycles. The van der Waals surface area contributed by atoms with E-state index in [0.717, 1.165) is 37.6 Å². The van der Waals surface area contributed by atoms with Crippen LogP contribution in [0.5, 0.6) is 0 Å². The second-order valence-corrected chi connectivity index (χ2v) is 3.85. The molecule has 2 rings (SSSR count). The van der Waals surface area contributed by atoms with Crippen molar-refractivity contribution in [2.75, 3.05) is 32.0 Å². The highest BCUT2D eigenvalue weighted by Gasteiger charge is 2.17. The fourth-order valence-corrected chi connectivity index (χ4v) is 1.83. The third kappa shape index (κ3) is 2.24. The lowest BCUT2D eigenvalue weighted by Crippen LogP contribution is -2.29. The molecule has 5 heteroatoms. The Kier molecular flexibility index (Phi) is 3.13. The Bertz CT molecular complexity index is 339. The van der Waals surface area contributed by atoms with E-state index in [2.05, 4.69) is 27.2 Å². The van der Waals surface area contributed by atoms with Gasteiger partial charge in [-0.25, -0.2) is 9.97 Å². The Labute approximate surface area is 89.7 Å². The number of hydrogen-bond donors (Lipinski definition) is 2. The highest BCUT2D eigenvalue weighted by Crippen LogP contribution is 2.21. The smallest absolute Gasteiger partial charge is 0.132 e. The van der Waals surface area contributed by atoms with Crippen molar-refractivity contribution in [3.05, 3.63) is 17.6 Å². The van der Waals surface area contributed by atoms with Gasteiger partial charge in [0.05, 0.1) is 5.69 Å². The number of aromatic nitrogens is 2. The average molecular weight is 207 g/mol. The fourth-order valence-electron chi connectivity index (χ4n) is 1.83. The lowest BCUT2D eigenvalue weighted by atomic mass is 10.1. The van der Waals surface area contributed by atoms with Gasteiger partial charge in [0, 0.05) is 31.7 Å². The van der Waals surface area contributed by atoms with Crippen LogP contribution >= 0.6 is 0 Å². The highest BCUT2D eigenvalue weighted by molar-refractivity contribution is 5.46. The fraction of sp³-hybridized carbons (Fsp3) is 0.600. The van der Waals surface area contributed by atoms with E-state index >= 15 is 0 Å². The Balaban J connectivity index is 2.21. The van der Waals surface area contributed by atoms with Crippen molar-refractivity contribution < 1.29 is 0 Å². The van der Waals surface area contributed by atoms with E-state index in [-0.39, 0.29) is 0 Å². The zero-order chi connectivity index (χ0) is 10.7. The van der Waals surface area contributed by atoms with Crippen LogP contribution in [-0.4, -0.2) is 41.5 Å². The number of anilines is 1. The summed E-state index contributed by atoms with van der Waals surface area (Å²) in [7, 11) is 2.11. The second-order valence-electron chi connectivity index (χ2n) is 3.85. The number of fused-ring (bicyclic) bond motifs is 1. The number of likely N-dealkylation sites (N-methyl/N-ethyl adjacent to an activating group) is 1. The molecule has 0 fully saturated rings. The van der Waals surface area contributed by atoms with Gasteiger partial charge in [0.1, 0.15) is 12.1 Å². The second kappa shape index (κ2) is 4.55. The van der Waals surface area contributed by atoms with E-state index in [4.69, 9.17) is 5.73 Å². The Morgan fingerprint density at radius 1 is 1.53 bits per heavy atom. The summed E-state index contributed by atoms with van der Waals surface area (Å²) in [6.45, 7) is 3.37. The van der Waals surface area contributed by atoms with Gasteiger partial charge in [-0.05, 0) is 13.5 Å². The van der Waals surface area contributed by atoms with Crippen LogP contribution < -0.4 is 11.1 Å². The highest BCUT2D eigenvalue weighted by atomic mass is 15.1. The summed E-state index contributed by atoms with van der Waals surface area (Å²) >= 11 is 0. The Hall–Kier alpha value is -1.20. The van der Waals surface area contributed by atoms with E-state index in [0.29, 0.717) is 6.54 Å². The molecule has 2 heterocycles. The molecule has 0 bridgehead atoms. The number of rotatable bonds is 3.